The molecule has 0 aliphatic heterocycles. The van der Waals surface area contributed by atoms with Crippen molar-refractivity contribution in [2.24, 2.45) is 11.8 Å². The third-order valence-corrected chi connectivity index (χ3v) is 5.05. The molecule has 0 spiro atoms. The highest BCUT2D eigenvalue weighted by Crippen LogP contribution is 2.29. The molecule has 1 N–H and O–H groups in total. The third kappa shape index (κ3) is 4.34. The second-order valence-corrected chi connectivity index (χ2v) is 6.74. The van der Waals surface area contributed by atoms with E-state index in [1.54, 1.807) is 19.1 Å². The molecule has 4 heteroatoms. The predicted molar refractivity (Wildman–Crippen MR) is 90.2 cm³/mol. The molecule has 4 nitrogen and oxygen atoms in total. The molecule has 0 bridgehead atoms. The van der Waals surface area contributed by atoms with Crippen LogP contribution in [0.1, 0.15) is 56.0 Å². The van der Waals surface area contributed by atoms with Crippen molar-refractivity contribution in [2.75, 3.05) is 0 Å². The summed E-state index contributed by atoms with van der Waals surface area (Å²) in [5.74, 6) is 0.402. The number of aryl methyl sites for hydroxylation is 1. The molecule has 0 saturated heterocycles. The van der Waals surface area contributed by atoms with Crippen molar-refractivity contribution in [1.29, 1.82) is 0 Å². The second-order valence-electron chi connectivity index (χ2n) is 6.74. The molecule has 1 saturated carbocycles. The lowest BCUT2D eigenvalue weighted by molar-refractivity contribution is -0.130. The fourth-order valence-corrected chi connectivity index (χ4v) is 3.17. The third-order valence-electron chi connectivity index (χ3n) is 5.05. The molecule has 1 aliphatic carbocycles. The second kappa shape index (κ2) is 7.62. The number of rotatable bonds is 4. The number of hydrogen-bond acceptors (Lipinski definition) is 3. The first kappa shape index (κ1) is 17.5. The summed E-state index contributed by atoms with van der Waals surface area (Å²) in [5, 5.41) is 3.05. The summed E-state index contributed by atoms with van der Waals surface area (Å²) < 4.78 is 5.33. The Morgan fingerprint density at radius 1 is 1.22 bits per heavy atom. The standard InChI is InChI=1S/C19H27NO3/c1-12-9-7-11-17(14(12)3)20-18(21)15(4)23-19(22)16-10-6-5-8-13(16)2/h5-6,8,10,12,14-15,17H,7,9,11H2,1-4H3,(H,20,21)/t12-,14-,15+,17-/m0/s1. The number of benzene rings is 1. The Balaban J connectivity index is 1.92. The highest BCUT2D eigenvalue weighted by molar-refractivity contribution is 5.93. The molecule has 0 unspecified atom stereocenters. The van der Waals surface area contributed by atoms with E-state index in [1.807, 2.05) is 19.1 Å². The molecule has 126 valence electrons. The van der Waals surface area contributed by atoms with E-state index in [9.17, 15) is 9.59 Å². The minimum absolute atomic E-state index is 0.172. The van der Waals surface area contributed by atoms with Crippen molar-refractivity contribution in [3.05, 3.63) is 35.4 Å². The van der Waals surface area contributed by atoms with Gasteiger partial charge in [-0.1, -0.05) is 44.9 Å². The van der Waals surface area contributed by atoms with E-state index in [0.717, 1.165) is 18.4 Å². The molecule has 0 radical (unpaired) electrons. The van der Waals surface area contributed by atoms with Crippen molar-refractivity contribution in [3.63, 3.8) is 0 Å². The minimum Gasteiger partial charge on any atom is -0.449 e. The number of hydrogen-bond donors (Lipinski definition) is 1. The van der Waals surface area contributed by atoms with Gasteiger partial charge in [0.25, 0.3) is 5.91 Å². The first-order valence-corrected chi connectivity index (χ1v) is 8.47. The maximum Gasteiger partial charge on any atom is 0.339 e. The molecule has 4 atom stereocenters. The molecular weight excluding hydrogens is 290 g/mol. The fraction of sp³-hybridized carbons (Fsp3) is 0.579. The van der Waals surface area contributed by atoms with Crippen LogP contribution in [0.3, 0.4) is 0 Å². The summed E-state index contributed by atoms with van der Waals surface area (Å²) in [6.07, 6.45) is 2.56. The summed E-state index contributed by atoms with van der Waals surface area (Å²) in [6.45, 7) is 7.89. The highest BCUT2D eigenvalue weighted by Gasteiger charge is 2.30. The average Bonchev–Trinajstić information content (AvgIpc) is 2.52. The largest absolute Gasteiger partial charge is 0.449 e. The van der Waals surface area contributed by atoms with Gasteiger partial charge < -0.3 is 10.1 Å². The van der Waals surface area contributed by atoms with Crippen LogP contribution >= 0.6 is 0 Å². The van der Waals surface area contributed by atoms with Crippen LogP contribution in [0.2, 0.25) is 0 Å². The maximum absolute atomic E-state index is 12.3. The number of ether oxygens (including phenoxy) is 1. The molecular formula is C19H27NO3. The van der Waals surface area contributed by atoms with Gasteiger partial charge >= 0.3 is 5.97 Å². The summed E-state index contributed by atoms with van der Waals surface area (Å²) >= 11 is 0. The molecule has 1 fully saturated rings. The van der Waals surface area contributed by atoms with Crippen LogP contribution in [0.4, 0.5) is 0 Å². The van der Waals surface area contributed by atoms with E-state index in [0.29, 0.717) is 17.4 Å². The van der Waals surface area contributed by atoms with Gasteiger partial charge in [-0.2, -0.15) is 0 Å². The first-order valence-electron chi connectivity index (χ1n) is 8.47. The lowest BCUT2D eigenvalue weighted by atomic mass is 9.78. The number of amides is 1. The number of carbonyl (C=O) groups excluding carboxylic acids is 2. The molecule has 0 aromatic heterocycles. The minimum atomic E-state index is -0.786. The Labute approximate surface area is 138 Å². The SMILES string of the molecule is Cc1ccccc1C(=O)O[C@H](C)C(=O)N[C@H]1CCC[C@H](C)[C@@H]1C. The number of esters is 1. The van der Waals surface area contributed by atoms with Gasteiger partial charge in [-0.3, -0.25) is 4.79 Å². The van der Waals surface area contributed by atoms with Gasteiger partial charge in [0.15, 0.2) is 6.10 Å². The Bertz CT molecular complexity index is 569. The van der Waals surface area contributed by atoms with E-state index in [1.165, 1.54) is 6.42 Å². The summed E-state index contributed by atoms with van der Waals surface area (Å²) in [4.78, 5) is 24.5. The Hall–Kier alpha value is -1.84. The van der Waals surface area contributed by atoms with Crippen molar-refractivity contribution in [1.82, 2.24) is 5.32 Å². The molecule has 2 rings (SSSR count). The zero-order valence-corrected chi connectivity index (χ0v) is 14.5. The van der Waals surface area contributed by atoms with Crippen LogP contribution in [-0.2, 0) is 9.53 Å². The van der Waals surface area contributed by atoms with Gasteiger partial charge in [0.1, 0.15) is 0 Å². The summed E-state index contributed by atoms with van der Waals surface area (Å²) in [5.41, 5.74) is 1.35. The lowest BCUT2D eigenvalue weighted by Gasteiger charge is -2.35. The van der Waals surface area contributed by atoms with E-state index in [2.05, 4.69) is 19.2 Å². The van der Waals surface area contributed by atoms with E-state index in [-0.39, 0.29) is 11.9 Å². The van der Waals surface area contributed by atoms with Crippen LogP contribution in [-0.4, -0.2) is 24.0 Å². The Kier molecular flexibility index (Phi) is 5.80. The molecule has 1 aromatic rings. The first-order chi connectivity index (χ1) is 10.9. The van der Waals surface area contributed by atoms with E-state index >= 15 is 0 Å². The summed E-state index contributed by atoms with van der Waals surface area (Å²) in [7, 11) is 0. The van der Waals surface area contributed by atoms with Gasteiger partial charge in [-0.15, -0.1) is 0 Å². The van der Waals surface area contributed by atoms with Crippen LogP contribution in [0.25, 0.3) is 0 Å². The topological polar surface area (TPSA) is 55.4 Å². The van der Waals surface area contributed by atoms with Crippen molar-refractivity contribution in [3.8, 4) is 0 Å². The number of nitrogens with one attached hydrogen (secondary N) is 1. The molecule has 1 amide bonds. The molecule has 1 aromatic carbocycles. The fourth-order valence-electron chi connectivity index (χ4n) is 3.17. The maximum atomic E-state index is 12.3. The predicted octanol–water partition coefficient (Wildman–Crippen LogP) is 3.48. The zero-order valence-electron chi connectivity index (χ0n) is 14.5. The van der Waals surface area contributed by atoms with Crippen LogP contribution in [0, 0.1) is 18.8 Å². The van der Waals surface area contributed by atoms with Gasteiger partial charge in [-0.25, -0.2) is 4.79 Å². The molecule has 23 heavy (non-hydrogen) atoms. The zero-order chi connectivity index (χ0) is 17.0. The van der Waals surface area contributed by atoms with Crippen LogP contribution < -0.4 is 5.32 Å². The smallest absolute Gasteiger partial charge is 0.339 e. The van der Waals surface area contributed by atoms with Gasteiger partial charge in [0.2, 0.25) is 0 Å². The van der Waals surface area contributed by atoms with Crippen LogP contribution in [0.15, 0.2) is 24.3 Å². The Morgan fingerprint density at radius 3 is 2.61 bits per heavy atom. The van der Waals surface area contributed by atoms with E-state index in [4.69, 9.17) is 4.74 Å². The van der Waals surface area contributed by atoms with E-state index < -0.39 is 12.1 Å². The lowest BCUT2D eigenvalue weighted by Crippen LogP contribution is -2.47. The summed E-state index contributed by atoms with van der Waals surface area (Å²) in [6, 6.07) is 7.40. The normalized spacial score (nSPS) is 25.5. The highest BCUT2D eigenvalue weighted by atomic mass is 16.5. The average molecular weight is 317 g/mol. The quantitative estimate of drug-likeness (QED) is 0.865. The molecule has 0 heterocycles. The van der Waals surface area contributed by atoms with Crippen LogP contribution in [0.5, 0.6) is 0 Å². The van der Waals surface area contributed by atoms with Gasteiger partial charge in [0.05, 0.1) is 5.56 Å². The van der Waals surface area contributed by atoms with Crippen molar-refractivity contribution in [2.45, 2.75) is 59.1 Å². The number of carbonyl (C=O) groups is 2. The van der Waals surface area contributed by atoms with Crippen molar-refractivity contribution >= 4 is 11.9 Å². The van der Waals surface area contributed by atoms with Crippen molar-refractivity contribution < 1.29 is 14.3 Å². The molecule has 1 aliphatic rings. The van der Waals surface area contributed by atoms with Gasteiger partial charge in [0, 0.05) is 6.04 Å². The monoisotopic (exact) mass is 317 g/mol. The van der Waals surface area contributed by atoms with Gasteiger partial charge in [-0.05, 0) is 43.7 Å². The Morgan fingerprint density at radius 2 is 1.91 bits per heavy atom.